The number of piperidine rings is 1. The summed E-state index contributed by atoms with van der Waals surface area (Å²) in [6.45, 7) is 6.91. The monoisotopic (exact) mass is 307 g/mol. The lowest BCUT2D eigenvalue weighted by molar-refractivity contribution is 0.00732. The molecule has 122 valence electrons. The Morgan fingerprint density at radius 1 is 1.32 bits per heavy atom. The minimum atomic E-state index is -0.465. The smallest absolute Gasteiger partial charge is 0.410 e. The third-order valence-corrected chi connectivity index (χ3v) is 3.48. The number of hydrogen-bond donors (Lipinski definition) is 0. The highest BCUT2D eigenvalue weighted by Gasteiger charge is 2.30. The molecule has 0 saturated carbocycles. The maximum absolute atomic E-state index is 12.3. The number of hydrogen-bond acceptors (Lipinski definition) is 5. The van der Waals surface area contributed by atoms with Gasteiger partial charge in [0.2, 0.25) is 0 Å². The molecule has 1 saturated heterocycles. The van der Waals surface area contributed by atoms with Crippen molar-refractivity contribution in [3.8, 4) is 6.01 Å². The van der Waals surface area contributed by atoms with Crippen LogP contribution in [0.5, 0.6) is 6.01 Å². The Bertz CT molecular complexity index is 473. The van der Waals surface area contributed by atoms with Gasteiger partial charge in [0.25, 0.3) is 0 Å². The van der Waals surface area contributed by atoms with Gasteiger partial charge in [-0.2, -0.15) is 0 Å². The van der Waals surface area contributed by atoms with Crippen molar-refractivity contribution < 1.29 is 14.3 Å². The Labute approximate surface area is 131 Å². The van der Waals surface area contributed by atoms with Crippen LogP contribution >= 0.6 is 0 Å². The van der Waals surface area contributed by atoms with Crippen LogP contribution in [0.1, 0.15) is 46.5 Å². The maximum Gasteiger partial charge on any atom is 0.410 e. The van der Waals surface area contributed by atoms with Crippen LogP contribution in [0, 0.1) is 0 Å². The maximum atomic E-state index is 12.3. The molecule has 6 heteroatoms. The van der Waals surface area contributed by atoms with Crippen LogP contribution in [0.15, 0.2) is 18.5 Å². The highest BCUT2D eigenvalue weighted by molar-refractivity contribution is 5.68. The zero-order chi connectivity index (χ0) is 16.0. The van der Waals surface area contributed by atoms with Crippen molar-refractivity contribution in [1.82, 2.24) is 14.9 Å². The van der Waals surface area contributed by atoms with E-state index in [2.05, 4.69) is 9.97 Å². The quantitative estimate of drug-likeness (QED) is 0.855. The molecule has 1 aliphatic heterocycles. The molecule has 0 spiro atoms. The van der Waals surface area contributed by atoms with Gasteiger partial charge < -0.3 is 14.4 Å². The van der Waals surface area contributed by atoms with Crippen LogP contribution in [-0.4, -0.2) is 45.8 Å². The number of aromatic nitrogens is 2. The molecule has 0 aromatic carbocycles. The van der Waals surface area contributed by atoms with E-state index in [-0.39, 0.29) is 12.1 Å². The van der Waals surface area contributed by atoms with E-state index >= 15 is 0 Å². The summed E-state index contributed by atoms with van der Waals surface area (Å²) in [6, 6.07) is 2.28. The lowest BCUT2D eigenvalue weighted by Gasteiger charge is -2.36. The van der Waals surface area contributed by atoms with Crippen LogP contribution in [0.2, 0.25) is 0 Å². The summed E-state index contributed by atoms with van der Waals surface area (Å²) in [4.78, 5) is 22.2. The van der Waals surface area contributed by atoms with E-state index in [0.29, 0.717) is 12.6 Å². The van der Waals surface area contributed by atoms with E-state index in [0.717, 1.165) is 32.2 Å². The summed E-state index contributed by atoms with van der Waals surface area (Å²) in [5.41, 5.74) is -0.465. The number of carbonyl (C=O) groups excluding carboxylic acids is 1. The summed E-state index contributed by atoms with van der Waals surface area (Å²) in [6.07, 6.45) is 6.97. The molecule has 1 fully saturated rings. The summed E-state index contributed by atoms with van der Waals surface area (Å²) < 4.78 is 11.0. The first kappa shape index (κ1) is 16.5. The molecular formula is C16H25N3O3. The fourth-order valence-corrected chi connectivity index (χ4v) is 2.51. The van der Waals surface area contributed by atoms with E-state index in [9.17, 15) is 4.79 Å². The molecular weight excluding hydrogens is 282 g/mol. The first-order valence-electron chi connectivity index (χ1n) is 7.85. The Morgan fingerprint density at radius 3 is 2.73 bits per heavy atom. The van der Waals surface area contributed by atoms with Crippen LogP contribution in [0.4, 0.5) is 4.79 Å². The van der Waals surface area contributed by atoms with Crippen molar-refractivity contribution in [1.29, 1.82) is 0 Å². The standard InChI is InChI=1S/C16H25N3O3/c1-16(2,3)22-15(20)19-11-5-4-7-13(19)8-12-21-14-17-9-6-10-18-14/h6,9-10,13H,4-5,7-8,11-12H2,1-3H3/t13-/m0/s1. The van der Waals surface area contributed by atoms with Crippen molar-refractivity contribution in [2.24, 2.45) is 0 Å². The molecule has 0 N–H and O–H groups in total. The predicted octanol–water partition coefficient (Wildman–Crippen LogP) is 3.04. The normalized spacial score (nSPS) is 18.9. The zero-order valence-electron chi connectivity index (χ0n) is 13.6. The van der Waals surface area contributed by atoms with Gasteiger partial charge in [-0.25, -0.2) is 14.8 Å². The summed E-state index contributed by atoms with van der Waals surface area (Å²) in [5.74, 6) is 0. The topological polar surface area (TPSA) is 64.5 Å². The molecule has 0 bridgehead atoms. The number of likely N-dealkylation sites (tertiary alicyclic amines) is 1. The van der Waals surface area contributed by atoms with E-state index in [1.165, 1.54) is 0 Å². The largest absolute Gasteiger partial charge is 0.463 e. The fourth-order valence-electron chi connectivity index (χ4n) is 2.51. The average Bonchev–Trinajstić information content (AvgIpc) is 2.47. The van der Waals surface area contributed by atoms with Crippen LogP contribution in [0.25, 0.3) is 0 Å². The molecule has 6 nitrogen and oxygen atoms in total. The van der Waals surface area contributed by atoms with Crippen LogP contribution in [0.3, 0.4) is 0 Å². The lowest BCUT2D eigenvalue weighted by Crippen LogP contribution is -2.46. The van der Waals surface area contributed by atoms with Gasteiger partial charge in [-0.15, -0.1) is 0 Å². The molecule has 1 aliphatic rings. The van der Waals surface area contributed by atoms with Crippen molar-refractivity contribution in [2.75, 3.05) is 13.2 Å². The molecule has 1 aromatic heterocycles. The van der Waals surface area contributed by atoms with E-state index < -0.39 is 5.60 Å². The molecule has 2 heterocycles. The Hall–Kier alpha value is -1.85. The van der Waals surface area contributed by atoms with Crippen molar-refractivity contribution >= 4 is 6.09 Å². The molecule has 22 heavy (non-hydrogen) atoms. The number of ether oxygens (including phenoxy) is 2. The summed E-state index contributed by atoms with van der Waals surface area (Å²) in [5, 5.41) is 0. The molecule has 1 amide bonds. The minimum Gasteiger partial charge on any atom is -0.463 e. The summed E-state index contributed by atoms with van der Waals surface area (Å²) >= 11 is 0. The van der Waals surface area contributed by atoms with Gasteiger partial charge in [-0.3, -0.25) is 0 Å². The van der Waals surface area contributed by atoms with Gasteiger partial charge in [0, 0.05) is 31.4 Å². The highest BCUT2D eigenvalue weighted by Crippen LogP contribution is 2.22. The van der Waals surface area contributed by atoms with E-state index in [4.69, 9.17) is 9.47 Å². The van der Waals surface area contributed by atoms with E-state index in [1.807, 2.05) is 25.7 Å². The Kier molecular flexibility index (Phi) is 5.57. The Balaban J connectivity index is 1.85. The third kappa shape index (κ3) is 5.16. The van der Waals surface area contributed by atoms with Gasteiger partial charge in [-0.1, -0.05) is 0 Å². The van der Waals surface area contributed by atoms with Gasteiger partial charge in [0.15, 0.2) is 0 Å². The average molecular weight is 307 g/mol. The van der Waals surface area contributed by atoms with E-state index in [1.54, 1.807) is 18.5 Å². The molecule has 0 radical (unpaired) electrons. The number of amides is 1. The first-order valence-corrected chi connectivity index (χ1v) is 7.85. The predicted molar refractivity (Wildman–Crippen MR) is 82.7 cm³/mol. The first-order chi connectivity index (χ1) is 10.5. The van der Waals surface area contributed by atoms with Crippen molar-refractivity contribution in [2.45, 2.75) is 58.1 Å². The second kappa shape index (κ2) is 7.42. The lowest BCUT2D eigenvalue weighted by atomic mass is 10.0. The van der Waals surface area contributed by atoms with Crippen molar-refractivity contribution in [3.05, 3.63) is 18.5 Å². The fraction of sp³-hybridized carbons (Fsp3) is 0.688. The van der Waals surface area contributed by atoms with Crippen LogP contribution in [-0.2, 0) is 4.74 Å². The molecule has 0 aliphatic carbocycles. The third-order valence-electron chi connectivity index (χ3n) is 3.48. The number of carbonyl (C=O) groups is 1. The van der Waals surface area contributed by atoms with Crippen LogP contribution < -0.4 is 4.74 Å². The SMILES string of the molecule is CC(C)(C)OC(=O)N1CCCC[C@H]1CCOc1ncccn1. The Morgan fingerprint density at radius 2 is 2.05 bits per heavy atom. The second-order valence-electron chi connectivity index (χ2n) is 6.49. The van der Waals surface area contributed by atoms with Gasteiger partial charge in [0.1, 0.15) is 5.60 Å². The van der Waals surface area contributed by atoms with Crippen molar-refractivity contribution in [3.63, 3.8) is 0 Å². The van der Waals surface area contributed by atoms with Gasteiger partial charge in [-0.05, 0) is 46.1 Å². The van der Waals surface area contributed by atoms with Gasteiger partial charge >= 0.3 is 12.1 Å². The second-order valence-corrected chi connectivity index (χ2v) is 6.49. The highest BCUT2D eigenvalue weighted by atomic mass is 16.6. The molecule has 0 unspecified atom stereocenters. The molecule has 1 aromatic rings. The van der Waals surface area contributed by atoms with Gasteiger partial charge in [0.05, 0.1) is 6.61 Å². The zero-order valence-corrected chi connectivity index (χ0v) is 13.6. The molecule has 1 atom stereocenters. The number of rotatable bonds is 4. The minimum absolute atomic E-state index is 0.160. The number of nitrogens with zero attached hydrogens (tertiary/aromatic N) is 3. The molecule has 2 rings (SSSR count). The summed E-state index contributed by atoms with van der Waals surface area (Å²) in [7, 11) is 0.